The molecule has 92 valence electrons. The van der Waals surface area contributed by atoms with Crippen LogP contribution in [-0.2, 0) is 0 Å². The van der Waals surface area contributed by atoms with E-state index in [-0.39, 0.29) is 5.84 Å². The molecule has 4 nitrogen and oxygen atoms in total. The first-order chi connectivity index (χ1) is 8.54. The molecule has 3 N–H and O–H groups in total. The number of benzene rings is 1. The summed E-state index contributed by atoms with van der Waals surface area (Å²) in [6, 6.07) is 9.10. The maximum Gasteiger partial charge on any atom is 0.193 e. The van der Waals surface area contributed by atoms with Crippen LogP contribution in [-0.4, -0.2) is 15.8 Å². The van der Waals surface area contributed by atoms with Crippen molar-refractivity contribution in [3.05, 3.63) is 46.7 Å². The Morgan fingerprint density at radius 2 is 1.94 bits per heavy atom. The number of nitrogen functional groups attached to an aromatic ring is 1. The van der Waals surface area contributed by atoms with Crippen LogP contribution in [0.3, 0.4) is 0 Å². The van der Waals surface area contributed by atoms with Gasteiger partial charge in [0.05, 0.1) is 0 Å². The Hall–Kier alpha value is -1.59. The fourth-order valence-corrected chi connectivity index (χ4v) is 2.28. The fraction of sp³-hybridized carbons (Fsp3) is 0.0833. The molecule has 2 rings (SSSR count). The zero-order valence-corrected chi connectivity index (χ0v) is 11.2. The van der Waals surface area contributed by atoms with Crippen LogP contribution in [0.1, 0.15) is 11.4 Å². The fourth-order valence-electron chi connectivity index (χ4n) is 1.33. The van der Waals surface area contributed by atoms with Crippen molar-refractivity contribution in [3.8, 4) is 0 Å². The van der Waals surface area contributed by atoms with Crippen LogP contribution in [0.5, 0.6) is 0 Å². The highest BCUT2D eigenvalue weighted by Gasteiger charge is 2.06. The number of nitrogens with one attached hydrogen (secondary N) is 1. The first-order valence-electron chi connectivity index (χ1n) is 5.18. The normalized spacial score (nSPS) is 10.3. The van der Waals surface area contributed by atoms with Crippen LogP contribution in [0.15, 0.2) is 40.4 Å². The van der Waals surface area contributed by atoms with Gasteiger partial charge in [-0.3, -0.25) is 5.41 Å². The van der Waals surface area contributed by atoms with E-state index in [2.05, 4.69) is 9.97 Å². The molecule has 2 aromatic rings. The summed E-state index contributed by atoms with van der Waals surface area (Å²) < 4.78 is 0. The first-order valence-corrected chi connectivity index (χ1v) is 6.37. The van der Waals surface area contributed by atoms with E-state index in [1.807, 2.05) is 31.2 Å². The van der Waals surface area contributed by atoms with E-state index in [4.69, 9.17) is 22.7 Å². The van der Waals surface area contributed by atoms with E-state index >= 15 is 0 Å². The number of hydrogen-bond donors (Lipinski definition) is 2. The van der Waals surface area contributed by atoms with Crippen molar-refractivity contribution in [1.82, 2.24) is 9.97 Å². The minimum absolute atomic E-state index is 0.0570. The third kappa shape index (κ3) is 3.21. The minimum Gasteiger partial charge on any atom is -0.382 e. The van der Waals surface area contributed by atoms with E-state index in [1.165, 1.54) is 11.8 Å². The van der Waals surface area contributed by atoms with Crippen LogP contribution in [0.25, 0.3) is 0 Å². The molecule has 1 heterocycles. The standard InChI is InChI=1S/C12H11ClN4S/c1-7-6-10(11(14)15)17-12(16-7)18-9-4-2-8(13)3-5-9/h2-6H,1H3,(H3,14,15). The number of aryl methyl sites for hydroxylation is 1. The van der Waals surface area contributed by atoms with E-state index in [1.54, 1.807) is 6.07 Å². The van der Waals surface area contributed by atoms with Gasteiger partial charge in [-0.25, -0.2) is 9.97 Å². The average Bonchev–Trinajstić information content (AvgIpc) is 2.31. The second-order valence-corrected chi connectivity index (χ2v) is 5.12. The van der Waals surface area contributed by atoms with Gasteiger partial charge in [-0.2, -0.15) is 0 Å². The molecule has 0 amide bonds. The lowest BCUT2D eigenvalue weighted by Crippen LogP contribution is -2.14. The molecule has 0 aliphatic carbocycles. The maximum absolute atomic E-state index is 7.40. The van der Waals surface area contributed by atoms with Gasteiger partial charge in [0.25, 0.3) is 0 Å². The van der Waals surface area contributed by atoms with Gasteiger partial charge >= 0.3 is 0 Å². The van der Waals surface area contributed by atoms with Crippen molar-refractivity contribution in [1.29, 1.82) is 5.41 Å². The van der Waals surface area contributed by atoms with E-state index in [9.17, 15) is 0 Å². The molecule has 0 saturated carbocycles. The SMILES string of the molecule is Cc1cc(C(=N)N)nc(Sc2ccc(Cl)cc2)n1. The summed E-state index contributed by atoms with van der Waals surface area (Å²) in [6.07, 6.45) is 0. The Bertz CT molecular complexity index is 583. The molecule has 0 fully saturated rings. The first kappa shape index (κ1) is 12.9. The molecule has 0 aliphatic heterocycles. The molecule has 0 aliphatic rings. The number of hydrogen-bond acceptors (Lipinski definition) is 4. The maximum atomic E-state index is 7.40. The van der Waals surface area contributed by atoms with Crippen LogP contribution in [0.4, 0.5) is 0 Å². The van der Waals surface area contributed by atoms with Gasteiger partial charge in [0.2, 0.25) is 0 Å². The highest BCUT2D eigenvalue weighted by Crippen LogP contribution is 2.26. The molecular formula is C12H11ClN4S. The Morgan fingerprint density at radius 3 is 2.56 bits per heavy atom. The number of halogens is 1. The smallest absolute Gasteiger partial charge is 0.193 e. The quantitative estimate of drug-likeness (QED) is 0.514. The monoisotopic (exact) mass is 278 g/mol. The molecule has 0 radical (unpaired) electrons. The van der Waals surface area contributed by atoms with E-state index in [0.717, 1.165) is 10.6 Å². The third-order valence-electron chi connectivity index (χ3n) is 2.13. The Balaban J connectivity index is 2.28. The molecule has 0 atom stereocenters. The minimum atomic E-state index is -0.0570. The van der Waals surface area contributed by atoms with Crippen molar-refractivity contribution in [2.75, 3.05) is 0 Å². The molecule has 18 heavy (non-hydrogen) atoms. The average molecular weight is 279 g/mol. The number of rotatable bonds is 3. The van der Waals surface area contributed by atoms with Gasteiger partial charge in [0.1, 0.15) is 11.5 Å². The van der Waals surface area contributed by atoms with E-state index in [0.29, 0.717) is 15.9 Å². The van der Waals surface area contributed by atoms with Crippen molar-refractivity contribution in [2.24, 2.45) is 5.73 Å². The van der Waals surface area contributed by atoms with Gasteiger partial charge in [-0.15, -0.1) is 0 Å². The van der Waals surface area contributed by atoms with Crippen molar-refractivity contribution >= 4 is 29.2 Å². The Kier molecular flexibility index (Phi) is 3.84. The molecule has 0 unspecified atom stereocenters. The second kappa shape index (κ2) is 5.37. The highest BCUT2D eigenvalue weighted by molar-refractivity contribution is 7.99. The molecular weight excluding hydrogens is 268 g/mol. The van der Waals surface area contributed by atoms with Crippen molar-refractivity contribution in [2.45, 2.75) is 17.0 Å². The number of nitrogens with zero attached hydrogens (tertiary/aromatic N) is 2. The van der Waals surface area contributed by atoms with E-state index < -0.39 is 0 Å². The van der Waals surface area contributed by atoms with Crippen LogP contribution in [0, 0.1) is 12.3 Å². The third-order valence-corrected chi connectivity index (χ3v) is 3.26. The summed E-state index contributed by atoms with van der Waals surface area (Å²) in [4.78, 5) is 9.51. The van der Waals surface area contributed by atoms with Crippen molar-refractivity contribution < 1.29 is 0 Å². The van der Waals surface area contributed by atoms with Gasteiger partial charge in [-0.1, -0.05) is 11.6 Å². The zero-order valence-electron chi connectivity index (χ0n) is 9.64. The largest absolute Gasteiger partial charge is 0.382 e. The van der Waals surface area contributed by atoms with Crippen LogP contribution in [0.2, 0.25) is 5.02 Å². The van der Waals surface area contributed by atoms with Gasteiger partial charge in [0, 0.05) is 15.6 Å². The highest BCUT2D eigenvalue weighted by atomic mass is 35.5. The second-order valence-electron chi connectivity index (χ2n) is 3.65. The lowest BCUT2D eigenvalue weighted by molar-refractivity contribution is 0.921. The number of aromatic nitrogens is 2. The van der Waals surface area contributed by atoms with Gasteiger partial charge in [-0.05, 0) is 49.0 Å². The van der Waals surface area contributed by atoms with Gasteiger partial charge in [0.15, 0.2) is 5.16 Å². The summed E-state index contributed by atoms with van der Waals surface area (Å²) in [7, 11) is 0. The number of nitrogens with two attached hydrogens (primary N) is 1. The molecule has 0 saturated heterocycles. The summed E-state index contributed by atoms with van der Waals surface area (Å²) in [5, 5.41) is 8.66. The molecule has 1 aromatic carbocycles. The van der Waals surface area contributed by atoms with Crippen molar-refractivity contribution in [3.63, 3.8) is 0 Å². The summed E-state index contributed by atoms with van der Waals surface area (Å²) >= 11 is 7.23. The van der Waals surface area contributed by atoms with Crippen LogP contribution < -0.4 is 5.73 Å². The lowest BCUT2D eigenvalue weighted by Gasteiger charge is -2.04. The molecule has 1 aromatic heterocycles. The summed E-state index contributed by atoms with van der Waals surface area (Å²) in [5.74, 6) is -0.0570. The molecule has 0 spiro atoms. The Labute approximate surface area is 114 Å². The molecule has 6 heteroatoms. The van der Waals surface area contributed by atoms with Crippen LogP contribution >= 0.6 is 23.4 Å². The summed E-state index contributed by atoms with van der Waals surface area (Å²) in [6.45, 7) is 1.85. The number of amidine groups is 1. The lowest BCUT2D eigenvalue weighted by atomic mass is 10.3. The predicted octanol–water partition coefficient (Wildman–Crippen LogP) is 2.87. The zero-order chi connectivity index (χ0) is 13.1. The predicted molar refractivity (Wildman–Crippen MR) is 73.4 cm³/mol. The van der Waals surface area contributed by atoms with Gasteiger partial charge < -0.3 is 5.73 Å². The summed E-state index contributed by atoms with van der Waals surface area (Å²) in [5.41, 5.74) is 6.66. The topological polar surface area (TPSA) is 75.7 Å². The molecule has 0 bridgehead atoms. The Morgan fingerprint density at radius 1 is 1.28 bits per heavy atom.